The van der Waals surface area contributed by atoms with Gasteiger partial charge in [0.05, 0.1) is 19.4 Å². The Labute approximate surface area is 90.9 Å². The second-order valence-electron chi connectivity index (χ2n) is 4.00. The lowest BCUT2D eigenvalue weighted by Gasteiger charge is -2.31. The Morgan fingerprint density at radius 2 is 2.27 bits per heavy atom. The second-order valence-corrected chi connectivity index (χ2v) is 5.71. The molecular formula is C8H19N3O3S. The van der Waals surface area contributed by atoms with E-state index in [1.807, 2.05) is 13.8 Å². The van der Waals surface area contributed by atoms with E-state index in [2.05, 4.69) is 4.72 Å². The molecule has 0 saturated carbocycles. The molecule has 0 aromatic heterocycles. The zero-order chi connectivity index (χ0) is 11.5. The van der Waals surface area contributed by atoms with Crippen LogP contribution in [-0.2, 0) is 14.9 Å². The predicted molar refractivity (Wildman–Crippen MR) is 57.3 cm³/mol. The third kappa shape index (κ3) is 3.69. The van der Waals surface area contributed by atoms with Crippen molar-refractivity contribution in [3.8, 4) is 0 Å². The summed E-state index contributed by atoms with van der Waals surface area (Å²) in [5.41, 5.74) is 5.65. The highest BCUT2D eigenvalue weighted by Gasteiger charge is 2.30. The van der Waals surface area contributed by atoms with E-state index in [0.29, 0.717) is 19.7 Å². The fraction of sp³-hybridized carbons (Fsp3) is 1.00. The Bertz CT molecular complexity index is 292. The molecule has 6 nitrogen and oxygen atoms in total. The number of nitrogens with two attached hydrogens (primary N) is 1. The number of nitrogens with one attached hydrogen (secondary N) is 1. The standard InChI is InChI=1S/C8H19N3O3S/c1-7(2)5-10-15(12,13)11-3-4-14-6-8(11)9/h7-8,10H,3-6,9H2,1-2H3. The van der Waals surface area contributed by atoms with Crippen LogP contribution in [0.5, 0.6) is 0 Å². The first-order valence-corrected chi connectivity index (χ1v) is 6.47. The first kappa shape index (κ1) is 12.9. The van der Waals surface area contributed by atoms with Crippen molar-refractivity contribution in [2.24, 2.45) is 11.7 Å². The van der Waals surface area contributed by atoms with Gasteiger partial charge < -0.3 is 10.5 Å². The lowest BCUT2D eigenvalue weighted by molar-refractivity contribution is 0.0344. The van der Waals surface area contributed by atoms with Crippen LogP contribution in [0.15, 0.2) is 0 Å². The molecule has 3 N–H and O–H groups in total. The van der Waals surface area contributed by atoms with Gasteiger partial charge in [-0.25, -0.2) is 4.72 Å². The molecule has 1 unspecified atom stereocenters. The van der Waals surface area contributed by atoms with Gasteiger partial charge in [0.2, 0.25) is 0 Å². The third-order valence-electron chi connectivity index (χ3n) is 2.10. The van der Waals surface area contributed by atoms with Gasteiger partial charge in [-0.05, 0) is 5.92 Å². The monoisotopic (exact) mass is 237 g/mol. The molecule has 90 valence electrons. The average Bonchev–Trinajstić information content (AvgIpc) is 2.15. The number of ether oxygens (including phenoxy) is 1. The summed E-state index contributed by atoms with van der Waals surface area (Å²) in [4.78, 5) is 0. The fourth-order valence-electron chi connectivity index (χ4n) is 1.26. The van der Waals surface area contributed by atoms with Gasteiger partial charge >= 0.3 is 0 Å². The van der Waals surface area contributed by atoms with Gasteiger partial charge in [0, 0.05) is 13.1 Å². The molecule has 7 heteroatoms. The summed E-state index contributed by atoms with van der Waals surface area (Å²) >= 11 is 0. The molecule has 1 aliphatic rings. The number of hydrogen-bond donors (Lipinski definition) is 2. The van der Waals surface area contributed by atoms with E-state index in [4.69, 9.17) is 10.5 Å². The summed E-state index contributed by atoms with van der Waals surface area (Å²) in [5.74, 6) is 0.275. The molecule has 0 aromatic carbocycles. The van der Waals surface area contributed by atoms with Crippen molar-refractivity contribution < 1.29 is 13.2 Å². The summed E-state index contributed by atoms with van der Waals surface area (Å²) in [6.45, 7) is 5.28. The molecule has 0 spiro atoms. The molecule has 0 amide bonds. The van der Waals surface area contributed by atoms with Crippen molar-refractivity contribution in [3.63, 3.8) is 0 Å². The van der Waals surface area contributed by atoms with Crippen LogP contribution in [0, 0.1) is 5.92 Å². The Morgan fingerprint density at radius 1 is 1.60 bits per heavy atom. The van der Waals surface area contributed by atoms with Gasteiger partial charge in [-0.15, -0.1) is 0 Å². The minimum absolute atomic E-state index is 0.253. The summed E-state index contributed by atoms with van der Waals surface area (Å²) in [6, 6.07) is 0. The maximum atomic E-state index is 11.8. The highest BCUT2D eigenvalue weighted by Crippen LogP contribution is 2.07. The van der Waals surface area contributed by atoms with E-state index in [9.17, 15) is 8.42 Å². The first-order chi connectivity index (χ1) is 6.93. The van der Waals surface area contributed by atoms with Crippen molar-refractivity contribution in [3.05, 3.63) is 0 Å². The Balaban J connectivity index is 2.59. The summed E-state index contributed by atoms with van der Waals surface area (Å²) in [6.07, 6.45) is -0.580. The molecule has 0 radical (unpaired) electrons. The highest BCUT2D eigenvalue weighted by molar-refractivity contribution is 7.87. The van der Waals surface area contributed by atoms with Crippen molar-refractivity contribution in [2.45, 2.75) is 20.0 Å². The molecule has 1 rings (SSSR count). The molecule has 0 aliphatic carbocycles. The molecule has 1 aliphatic heterocycles. The Hall–Kier alpha value is -0.210. The minimum Gasteiger partial charge on any atom is -0.377 e. The number of nitrogens with zero attached hydrogens (tertiary/aromatic N) is 1. The van der Waals surface area contributed by atoms with Crippen molar-refractivity contribution in [2.75, 3.05) is 26.3 Å². The van der Waals surface area contributed by atoms with Crippen molar-refractivity contribution in [1.29, 1.82) is 0 Å². The van der Waals surface area contributed by atoms with Crippen molar-refractivity contribution in [1.82, 2.24) is 9.03 Å². The molecule has 1 fully saturated rings. The number of morpholine rings is 1. The van der Waals surface area contributed by atoms with E-state index >= 15 is 0 Å². The van der Waals surface area contributed by atoms with E-state index < -0.39 is 16.4 Å². The summed E-state index contributed by atoms with van der Waals surface area (Å²) < 4.78 is 32.4. The normalized spacial score (nSPS) is 24.7. The predicted octanol–water partition coefficient (Wildman–Crippen LogP) is -0.906. The highest BCUT2D eigenvalue weighted by atomic mass is 32.2. The summed E-state index contributed by atoms with van der Waals surface area (Å²) in [7, 11) is -3.45. The smallest absolute Gasteiger partial charge is 0.280 e. The maximum Gasteiger partial charge on any atom is 0.280 e. The Morgan fingerprint density at radius 3 is 2.80 bits per heavy atom. The second kappa shape index (κ2) is 5.22. The van der Waals surface area contributed by atoms with E-state index in [1.165, 1.54) is 4.31 Å². The quantitative estimate of drug-likeness (QED) is 0.663. The topological polar surface area (TPSA) is 84.7 Å². The fourth-order valence-corrected chi connectivity index (χ4v) is 2.70. The lowest BCUT2D eigenvalue weighted by Crippen LogP contribution is -2.56. The van der Waals surface area contributed by atoms with E-state index in [0.717, 1.165) is 0 Å². The number of hydrogen-bond acceptors (Lipinski definition) is 4. The van der Waals surface area contributed by atoms with Crippen LogP contribution in [0.2, 0.25) is 0 Å². The van der Waals surface area contributed by atoms with Gasteiger partial charge in [0.15, 0.2) is 0 Å². The number of rotatable bonds is 4. The van der Waals surface area contributed by atoms with Crippen LogP contribution in [0.25, 0.3) is 0 Å². The van der Waals surface area contributed by atoms with Gasteiger partial charge in [0.25, 0.3) is 10.2 Å². The molecular weight excluding hydrogens is 218 g/mol. The van der Waals surface area contributed by atoms with Gasteiger partial charge in [-0.3, -0.25) is 0 Å². The van der Waals surface area contributed by atoms with Crippen LogP contribution in [-0.4, -0.2) is 45.2 Å². The molecule has 15 heavy (non-hydrogen) atoms. The summed E-state index contributed by atoms with van der Waals surface area (Å²) in [5, 5.41) is 0. The van der Waals surface area contributed by atoms with Crippen molar-refractivity contribution >= 4 is 10.2 Å². The first-order valence-electron chi connectivity index (χ1n) is 5.03. The molecule has 0 aromatic rings. The molecule has 1 heterocycles. The Kier molecular flexibility index (Phi) is 4.47. The van der Waals surface area contributed by atoms with Gasteiger partial charge in [0.1, 0.15) is 0 Å². The SMILES string of the molecule is CC(C)CNS(=O)(=O)N1CCOCC1N. The van der Waals surface area contributed by atoms with Crippen LogP contribution < -0.4 is 10.5 Å². The van der Waals surface area contributed by atoms with Crippen LogP contribution in [0.3, 0.4) is 0 Å². The average molecular weight is 237 g/mol. The van der Waals surface area contributed by atoms with Gasteiger partial charge in [-0.2, -0.15) is 12.7 Å². The maximum absolute atomic E-state index is 11.8. The molecule has 1 atom stereocenters. The van der Waals surface area contributed by atoms with E-state index in [1.54, 1.807) is 0 Å². The van der Waals surface area contributed by atoms with Crippen LogP contribution in [0.1, 0.15) is 13.8 Å². The molecule has 1 saturated heterocycles. The zero-order valence-corrected chi connectivity index (χ0v) is 9.96. The lowest BCUT2D eigenvalue weighted by atomic mass is 10.2. The molecule has 0 bridgehead atoms. The van der Waals surface area contributed by atoms with Gasteiger partial charge in [-0.1, -0.05) is 13.8 Å². The largest absolute Gasteiger partial charge is 0.377 e. The minimum atomic E-state index is -3.45. The van der Waals surface area contributed by atoms with Crippen LogP contribution in [0.4, 0.5) is 0 Å². The van der Waals surface area contributed by atoms with E-state index in [-0.39, 0.29) is 12.5 Å². The zero-order valence-electron chi connectivity index (χ0n) is 9.14. The van der Waals surface area contributed by atoms with Crippen LogP contribution >= 0.6 is 0 Å². The third-order valence-corrected chi connectivity index (χ3v) is 3.70.